The molecule has 144 valence electrons. The van der Waals surface area contributed by atoms with Crippen LogP contribution >= 0.6 is 0 Å². The predicted molar refractivity (Wildman–Crippen MR) is 122 cm³/mol. The van der Waals surface area contributed by atoms with Crippen LogP contribution in [0.5, 0.6) is 0 Å². The smallest absolute Gasteiger partial charge is 0.0372 e. The minimum atomic E-state index is 0.739. The van der Waals surface area contributed by atoms with Crippen LogP contribution in [0.2, 0.25) is 0 Å². The van der Waals surface area contributed by atoms with Crippen molar-refractivity contribution in [2.24, 2.45) is 5.92 Å². The van der Waals surface area contributed by atoms with Crippen molar-refractivity contribution in [1.82, 2.24) is 0 Å². The van der Waals surface area contributed by atoms with Crippen molar-refractivity contribution in [3.8, 4) is 22.3 Å². The molecular weight excluding hydrogens is 338 g/mol. The van der Waals surface area contributed by atoms with E-state index in [1.807, 2.05) is 0 Å². The molecule has 0 saturated carbocycles. The molecule has 3 aromatic carbocycles. The first kappa shape index (κ1) is 18.8. The normalized spacial score (nSPS) is 12.2. The molecule has 0 heterocycles. The minimum Gasteiger partial charge on any atom is -0.372 e. The quantitative estimate of drug-likeness (QED) is 0.350. The summed E-state index contributed by atoms with van der Waals surface area (Å²) >= 11 is 0. The fraction of sp³-hybridized carbons (Fsp3) is 0.333. The lowest BCUT2D eigenvalue weighted by Crippen LogP contribution is -2.24. The molecule has 1 heteroatoms. The second kappa shape index (κ2) is 7.83. The Labute approximate surface area is 170 Å². The van der Waals surface area contributed by atoms with Gasteiger partial charge in [-0.15, -0.1) is 0 Å². The molecular formula is C27H31N. The maximum absolute atomic E-state index is 2.52. The summed E-state index contributed by atoms with van der Waals surface area (Å²) in [6.07, 6.45) is 2.28. The molecule has 0 fully saturated rings. The Hall–Kier alpha value is -2.54. The van der Waals surface area contributed by atoms with Gasteiger partial charge in [0.15, 0.2) is 0 Å². The number of hydrogen-bond acceptors (Lipinski definition) is 1. The lowest BCUT2D eigenvalue weighted by molar-refractivity contribution is 0.576. The van der Waals surface area contributed by atoms with E-state index in [2.05, 4.69) is 93.3 Å². The number of anilines is 1. The molecule has 0 N–H and O–H groups in total. The fourth-order valence-corrected chi connectivity index (χ4v) is 4.33. The van der Waals surface area contributed by atoms with Gasteiger partial charge in [0.1, 0.15) is 0 Å². The van der Waals surface area contributed by atoms with E-state index in [9.17, 15) is 0 Å². The first-order chi connectivity index (χ1) is 13.6. The largest absolute Gasteiger partial charge is 0.372 e. The molecule has 0 aliphatic heterocycles. The third-order valence-corrected chi connectivity index (χ3v) is 6.02. The zero-order valence-corrected chi connectivity index (χ0v) is 17.6. The highest BCUT2D eigenvalue weighted by atomic mass is 15.1. The van der Waals surface area contributed by atoms with Gasteiger partial charge >= 0.3 is 0 Å². The van der Waals surface area contributed by atoms with Crippen molar-refractivity contribution in [2.75, 3.05) is 18.0 Å². The highest BCUT2D eigenvalue weighted by Crippen LogP contribution is 2.41. The van der Waals surface area contributed by atoms with Crippen molar-refractivity contribution >= 4 is 5.69 Å². The standard InChI is InChI=1S/C27H31N/c1-5-28(14-13-19(2)3)24-12-11-22-16-23-17-25(21-9-7-6-8-10-21)20(4)15-26(23)27(22)18-24/h6-12,15,17-19H,5,13-14,16H2,1-4H3. The summed E-state index contributed by atoms with van der Waals surface area (Å²) in [5.41, 5.74) is 11.2. The van der Waals surface area contributed by atoms with Gasteiger partial charge < -0.3 is 4.90 Å². The maximum Gasteiger partial charge on any atom is 0.0372 e. The zero-order chi connectivity index (χ0) is 19.7. The number of fused-ring (bicyclic) bond motifs is 3. The van der Waals surface area contributed by atoms with Gasteiger partial charge in [-0.1, -0.05) is 56.3 Å². The van der Waals surface area contributed by atoms with Gasteiger partial charge in [0, 0.05) is 18.8 Å². The summed E-state index contributed by atoms with van der Waals surface area (Å²) in [4.78, 5) is 2.52. The highest BCUT2D eigenvalue weighted by Gasteiger charge is 2.21. The molecule has 0 amide bonds. The zero-order valence-electron chi connectivity index (χ0n) is 17.6. The molecule has 0 unspecified atom stereocenters. The number of rotatable bonds is 6. The van der Waals surface area contributed by atoms with Gasteiger partial charge in [-0.25, -0.2) is 0 Å². The molecule has 0 saturated heterocycles. The van der Waals surface area contributed by atoms with Crippen molar-refractivity contribution in [1.29, 1.82) is 0 Å². The van der Waals surface area contributed by atoms with Crippen LogP contribution in [0.4, 0.5) is 5.69 Å². The van der Waals surface area contributed by atoms with Crippen LogP contribution in [0.25, 0.3) is 22.3 Å². The molecule has 0 spiro atoms. The number of hydrogen-bond donors (Lipinski definition) is 0. The topological polar surface area (TPSA) is 3.24 Å². The van der Waals surface area contributed by atoms with E-state index in [0.29, 0.717) is 0 Å². The van der Waals surface area contributed by atoms with E-state index in [0.717, 1.165) is 25.4 Å². The van der Waals surface area contributed by atoms with Crippen molar-refractivity contribution in [3.63, 3.8) is 0 Å². The van der Waals surface area contributed by atoms with E-state index in [1.165, 1.54) is 51.1 Å². The Bertz CT molecular complexity index is 969. The first-order valence-corrected chi connectivity index (χ1v) is 10.6. The number of benzene rings is 3. The van der Waals surface area contributed by atoms with Crippen molar-refractivity contribution < 1.29 is 0 Å². The Morgan fingerprint density at radius 3 is 2.32 bits per heavy atom. The third-order valence-electron chi connectivity index (χ3n) is 6.02. The van der Waals surface area contributed by atoms with E-state index in [4.69, 9.17) is 0 Å². The van der Waals surface area contributed by atoms with Gasteiger partial charge in [0.25, 0.3) is 0 Å². The monoisotopic (exact) mass is 369 g/mol. The van der Waals surface area contributed by atoms with Crippen molar-refractivity contribution in [3.05, 3.63) is 77.4 Å². The maximum atomic E-state index is 2.52. The summed E-state index contributed by atoms with van der Waals surface area (Å²) in [6.45, 7) is 11.3. The molecule has 1 aliphatic rings. The van der Waals surface area contributed by atoms with E-state index in [-0.39, 0.29) is 0 Å². The van der Waals surface area contributed by atoms with Crippen LogP contribution in [0, 0.1) is 12.8 Å². The molecule has 0 radical (unpaired) electrons. The van der Waals surface area contributed by atoms with Gasteiger partial charge in [0.2, 0.25) is 0 Å². The Balaban J connectivity index is 1.69. The molecule has 0 atom stereocenters. The summed E-state index contributed by atoms with van der Waals surface area (Å²) < 4.78 is 0. The van der Waals surface area contributed by atoms with Crippen LogP contribution in [-0.2, 0) is 6.42 Å². The second-order valence-electron chi connectivity index (χ2n) is 8.47. The summed E-state index contributed by atoms with van der Waals surface area (Å²) in [5.74, 6) is 0.739. The lowest BCUT2D eigenvalue weighted by atomic mass is 9.94. The second-order valence-corrected chi connectivity index (χ2v) is 8.47. The molecule has 1 aliphatic carbocycles. The number of aryl methyl sites for hydroxylation is 1. The molecule has 0 bridgehead atoms. The minimum absolute atomic E-state index is 0.739. The van der Waals surface area contributed by atoms with E-state index >= 15 is 0 Å². The number of nitrogens with zero attached hydrogens (tertiary/aromatic N) is 1. The lowest BCUT2D eigenvalue weighted by Gasteiger charge is -2.25. The van der Waals surface area contributed by atoms with Crippen LogP contribution in [-0.4, -0.2) is 13.1 Å². The van der Waals surface area contributed by atoms with Crippen LogP contribution < -0.4 is 4.90 Å². The summed E-state index contributed by atoms with van der Waals surface area (Å²) in [7, 11) is 0. The van der Waals surface area contributed by atoms with Crippen LogP contribution in [0.1, 0.15) is 43.9 Å². The predicted octanol–water partition coefficient (Wildman–Crippen LogP) is 7.11. The van der Waals surface area contributed by atoms with Gasteiger partial charge in [-0.3, -0.25) is 0 Å². The first-order valence-electron chi connectivity index (χ1n) is 10.6. The third kappa shape index (κ3) is 3.58. The molecule has 4 rings (SSSR count). The average molecular weight is 370 g/mol. The van der Waals surface area contributed by atoms with E-state index < -0.39 is 0 Å². The Morgan fingerprint density at radius 2 is 1.61 bits per heavy atom. The molecule has 0 aromatic heterocycles. The van der Waals surface area contributed by atoms with Gasteiger partial charge in [-0.05, 0) is 89.8 Å². The van der Waals surface area contributed by atoms with E-state index in [1.54, 1.807) is 0 Å². The van der Waals surface area contributed by atoms with Crippen molar-refractivity contribution in [2.45, 2.75) is 40.5 Å². The average Bonchev–Trinajstić information content (AvgIpc) is 3.05. The fourth-order valence-electron chi connectivity index (χ4n) is 4.33. The van der Waals surface area contributed by atoms with Crippen LogP contribution in [0.3, 0.4) is 0 Å². The molecule has 3 aromatic rings. The summed E-state index contributed by atoms with van der Waals surface area (Å²) in [5, 5.41) is 0. The Morgan fingerprint density at radius 1 is 0.857 bits per heavy atom. The Kier molecular flexibility index (Phi) is 5.26. The van der Waals surface area contributed by atoms with Gasteiger partial charge in [-0.2, -0.15) is 0 Å². The SMILES string of the molecule is CCN(CCC(C)C)c1ccc2c(c1)-c1cc(C)c(-c3ccccc3)cc1C2. The summed E-state index contributed by atoms with van der Waals surface area (Å²) in [6, 6.07) is 22.7. The van der Waals surface area contributed by atoms with Gasteiger partial charge in [0.05, 0.1) is 0 Å². The molecule has 28 heavy (non-hydrogen) atoms. The molecule has 1 nitrogen and oxygen atoms in total. The highest BCUT2D eigenvalue weighted by molar-refractivity contribution is 5.83. The van der Waals surface area contributed by atoms with Crippen LogP contribution in [0.15, 0.2) is 60.7 Å².